The number of halogens is 11. The maximum absolute atomic E-state index is 14.2. The number of alkyl halides is 3. The van der Waals surface area contributed by atoms with Crippen LogP contribution in [0.1, 0.15) is 5.82 Å². The van der Waals surface area contributed by atoms with Crippen molar-refractivity contribution in [2.45, 2.75) is 6.18 Å². The fourth-order valence-electron chi connectivity index (χ4n) is 6.31. The van der Waals surface area contributed by atoms with Crippen LogP contribution in [0.4, 0.5) is 48.3 Å². The third-order valence-electron chi connectivity index (χ3n) is 9.15. The first kappa shape index (κ1) is 46.4. The smallest absolute Gasteiger partial charge is 0.413 e. The molecule has 4 heterocycles. The molecular weight excluding hydrogens is 1070 g/mol. The Kier molecular flexibility index (Phi) is 13.6. The molecule has 0 unspecified atom stereocenters. The molecule has 66 heavy (non-hydrogen) atoms. The van der Waals surface area contributed by atoms with Crippen molar-refractivity contribution in [2.24, 2.45) is 0 Å². The van der Waals surface area contributed by atoms with E-state index in [1.165, 1.54) is 42.7 Å². The summed E-state index contributed by atoms with van der Waals surface area (Å²) in [6.45, 7) is 0. The van der Waals surface area contributed by atoms with Crippen molar-refractivity contribution in [3.63, 3.8) is 0 Å². The molecule has 0 fully saturated rings. The van der Waals surface area contributed by atoms with E-state index in [2.05, 4.69) is 45.0 Å². The van der Waals surface area contributed by atoms with Crippen molar-refractivity contribution < 1.29 is 77.5 Å². The number of nitrogens with zero attached hydrogens (tertiary/aromatic N) is 8. The van der Waals surface area contributed by atoms with Crippen molar-refractivity contribution in [3.8, 4) is 34.3 Å². The zero-order valence-electron chi connectivity index (χ0n) is 32.8. The summed E-state index contributed by atoms with van der Waals surface area (Å²) in [5, 5.41) is 6.25. The summed E-state index contributed by atoms with van der Waals surface area (Å²) in [6.07, 6.45) is 2.51. The standard InChI is InChI=1S/2C19H9F4N2.C8H4F3N4.Ir/c2*20-12-5-7-16(14(22)9-12)24-11-25(19-4-2-1-3-18(19)24)17-8-6-13(21)10-15(17)23;9-8(10,11)7-13-6(14-15-7)5-3-1-2-4-12-5;/h2*1-7,9-10H;1-4H;/q3*-1;. The van der Waals surface area contributed by atoms with Gasteiger partial charge in [0.25, 0.3) is 12.7 Å². The minimum atomic E-state index is -4.57. The minimum Gasteiger partial charge on any atom is -0.413 e. The van der Waals surface area contributed by atoms with Gasteiger partial charge in [-0.25, -0.2) is 17.6 Å². The van der Waals surface area contributed by atoms with Crippen LogP contribution in [0.5, 0.6) is 0 Å². The van der Waals surface area contributed by atoms with Crippen LogP contribution in [0.25, 0.3) is 56.3 Å². The Morgan fingerprint density at radius 1 is 0.530 bits per heavy atom. The molecule has 0 aliphatic rings. The molecule has 10 aromatic rings. The van der Waals surface area contributed by atoms with Gasteiger partial charge < -0.3 is 19.2 Å². The number of fused-ring (bicyclic) bond motifs is 2. The fourth-order valence-corrected chi connectivity index (χ4v) is 6.31. The Hall–Kier alpha value is -7.57. The van der Waals surface area contributed by atoms with Gasteiger partial charge in [0.15, 0.2) is 0 Å². The largest absolute Gasteiger partial charge is 0.429 e. The number of imidazole rings is 2. The Labute approximate surface area is 378 Å². The molecule has 0 bridgehead atoms. The van der Waals surface area contributed by atoms with Crippen LogP contribution in [0.2, 0.25) is 0 Å². The Morgan fingerprint density at radius 2 is 0.985 bits per heavy atom. The van der Waals surface area contributed by atoms with Gasteiger partial charge in [0.1, 0.15) is 40.5 Å². The summed E-state index contributed by atoms with van der Waals surface area (Å²) in [5.41, 5.74) is 2.31. The van der Waals surface area contributed by atoms with E-state index in [0.29, 0.717) is 22.1 Å². The van der Waals surface area contributed by atoms with Crippen LogP contribution in [0, 0.1) is 71.3 Å². The Bertz CT molecular complexity index is 2990. The molecule has 0 spiro atoms. The molecule has 0 amide bonds. The molecule has 0 aliphatic heterocycles. The number of hydrogen-bond donors (Lipinski definition) is 0. The number of hydrogen-bond acceptors (Lipinski definition) is 3. The van der Waals surface area contributed by atoms with E-state index in [9.17, 15) is 48.3 Å². The van der Waals surface area contributed by atoms with Crippen LogP contribution in [0.15, 0.2) is 134 Å². The van der Waals surface area contributed by atoms with Crippen LogP contribution in [-0.4, -0.2) is 24.2 Å². The topological polar surface area (TPSA) is 70.4 Å². The van der Waals surface area contributed by atoms with Gasteiger partial charge in [-0.2, -0.15) is 25.3 Å². The van der Waals surface area contributed by atoms with E-state index in [4.69, 9.17) is 0 Å². The molecule has 0 saturated heterocycles. The average molecular weight is 1090 g/mol. The number of rotatable bonds is 5. The molecule has 6 aromatic carbocycles. The van der Waals surface area contributed by atoms with Crippen LogP contribution in [0.3, 0.4) is 0 Å². The van der Waals surface area contributed by atoms with Crippen LogP contribution in [-0.2, 0) is 26.3 Å². The summed E-state index contributed by atoms with van der Waals surface area (Å²) in [4.78, 5) is 7.05. The van der Waals surface area contributed by atoms with E-state index in [-0.39, 0.29) is 54.4 Å². The Morgan fingerprint density at radius 3 is 1.39 bits per heavy atom. The van der Waals surface area contributed by atoms with Gasteiger partial charge in [0.05, 0.1) is 27.8 Å². The van der Waals surface area contributed by atoms with Gasteiger partial charge in [-0.15, -0.1) is 24.3 Å². The summed E-state index contributed by atoms with van der Waals surface area (Å²) in [7, 11) is 0. The minimum absolute atomic E-state index is 0. The van der Waals surface area contributed by atoms with Crippen molar-refractivity contribution in [3.05, 3.63) is 211 Å². The monoisotopic (exact) mass is 1090 g/mol. The molecule has 8 nitrogen and oxygen atoms in total. The first-order chi connectivity index (χ1) is 31.2. The Balaban J connectivity index is 0.000000151. The second kappa shape index (κ2) is 19.3. The first-order valence-corrected chi connectivity index (χ1v) is 18.6. The summed E-state index contributed by atoms with van der Waals surface area (Å²) in [6, 6.07) is 33.2. The summed E-state index contributed by atoms with van der Waals surface area (Å²) < 4.78 is 151. The van der Waals surface area contributed by atoms with Crippen molar-refractivity contribution in [1.29, 1.82) is 0 Å². The molecule has 0 aliphatic carbocycles. The van der Waals surface area contributed by atoms with Gasteiger partial charge in [-0.1, -0.05) is 54.6 Å². The fraction of sp³-hybridized carbons (Fsp3) is 0.0217. The molecule has 0 saturated carbocycles. The predicted molar refractivity (Wildman–Crippen MR) is 208 cm³/mol. The van der Waals surface area contributed by atoms with Gasteiger partial charge in [0, 0.05) is 61.7 Å². The predicted octanol–water partition coefficient (Wildman–Crippen LogP) is 9.64. The molecule has 1 radical (unpaired) electrons. The van der Waals surface area contributed by atoms with Crippen LogP contribution < -0.4 is 14.2 Å². The van der Waals surface area contributed by atoms with E-state index in [1.807, 2.05) is 0 Å². The SMILES string of the molecule is FC(F)(F)c1n[n-]c(-c2ccccn2)n1.Fc1c[c-]c(-n2[c-][n+](-c3ccc(F)cc3F)c3ccccc32)c(F)c1.Fc1c[c-]c(-n2[c-][n+](-c3ccc(F)cc3F)c3ccccc32)c(F)c1.[Ir]. The molecule has 0 atom stereocenters. The molecule has 4 aromatic heterocycles. The summed E-state index contributed by atoms with van der Waals surface area (Å²) >= 11 is 0. The molecule has 335 valence electrons. The van der Waals surface area contributed by atoms with Crippen molar-refractivity contribution in [2.75, 3.05) is 0 Å². The summed E-state index contributed by atoms with van der Waals surface area (Å²) in [5.74, 6) is -7.52. The maximum atomic E-state index is 14.2. The number of aromatic nitrogens is 8. The van der Waals surface area contributed by atoms with E-state index in [0.717, 1.165) is 48.5 Å². The zero-order valence-corrected chi connectivity index (χ0v) is 35.2. The van der Waals surface area contributed by atoms with Crippen molar-refractivity contribution >= 4 is 22.1 Å². The van der Waals surface area contributed by atoms with E-state index >= 15 is 0 Å². The number of para-hydroxylation sites is 4. The van der Waals surface area contributed by atoms with Gasteiger partial charge in [-0.05, 0) is 53.6 Å². The van der Waals surface area contributed by atoms with Crippen molar-refractivity contribution in [1.82, 2.24) is 29.3 Å². The number of benzene rings is 6. The average Bonchev–Trinajstić information content (AvgIpc) is 4.02. The van der Waals surface area contributed by atoms with Gasteiger partial charge in [0.2, 0.25) is 0 Å². The van der Waals surface area contributed by atoms with E-state index < -0.39 is 58.5 Å². The third-order valence-corrected chi connectivity index (χ3v) is 9.15. The van der Waals surface area contributed by atoms with Crippen LogP contribution >= 0.6 is 0 Å². The van der Waals surface area contributed by atoms with Gasteiger partial charge >= 0.3 is 6.18 Å². The second-order valence-electron chi connectivity index (χ2n) is 13.4. The number of pyridine rings is 1. The molecule has 10 rings (SSSR count). The third kappa shape index (κ3) is 9.74. The van der Waals surface area contributed by atoms with E-state index in [1.54, 1.807) is 60.7 Å². The molecule has 20 heteroatoms. The molecular formula is C46H22F11IrN8-3. The quantitative estimate of drug-likeness (QED) is 0.0979. The molecule has 0 N–H and O–H groups in total. The normalized spacial score (nSPS) is 11.1. The zero-order chi connectivity index (χ0) is 46.0. The van der Waals surface area contributed by atoms with Gasteiger partial charge in [-0.3, -0.25) is 36.8 Å². The maximum Gasteiger partial charge on any atom is 0.429 e. The first-order valence-electron chi connectivity index (χ1n) is 18.6. The second-order valence-corrected chi connectivity index (χ2v) is 13.4.